The molecule has 96 valence electrons. The Kier molecular flexibility index (Phi) is 3.64. The number of hydrogen-bond donors (Lipinski definition) is 1. The monoisotopic (exact) mass is 373 g/mol. The summed E-state index contributed by atoms with van der Waals surface area (Å²) in [6.45, 7) is 0. The molecule has 1 N–H and O–H groups in total. The van der Waals surface area contributed by atoms with Gasteiger partial charge in [0.25, 0.3) is 0 Å². The second-order valence-electron chi connectivity index (χ2n) is 2.73. The second kappa shape index (κ2) is 4.38. The van der Waals surface area contributed by atoms with Gasteiger partial charge in [0.1, 0.15) is 0 Å². The van der Waals surface area contributed by atoms with Gasteiger partial charge in [-0.25, -0.2) is 0 Å². The molecule has 0 aromatic carbocycles. The number of hydrogen-bond acceptors (Lipinski definition) is 2. The number of halogens is 7. The van der Waals surface area contributed by atoms with Gasteiger partial charge in [-0.15, -0.1) is 13.2 Å². The number of aromatic amines is 1. The zero-order valence-corrected chi connectivity index (χ0v) is 9.70. The van der Waals surface area contributed by atoms with Crippen LogP contribution in [0.15, 0.2) is 10.9 Å². The van der Waals surface area contributed by atoms with E-state index in [1.54, 1.807) is 4.98 Å². The van der Waals surface area contributed by atoms with E-state index in [9.17, 15) is 31.1 Å². The Balaban J connectivity index is 3.42. The summed E-state index contributed by atoms with van der Waals surface area (Å²) in [5.41, 5.74) is -3.37. The molecular formula is C7H2F6INO2. The molecule has 0 bridgehead atoms. The lowest BCUT2D eigenvalue weighted by Gasteiger charge is -2.14. The van der Waals surface area contributed by atoms with Gasteiger partial charge < -0.3 is 9.72 Å². The molecule has 10 heteroatoms. The van der Waals surface area contributed by atoms with Crippen molar-refractivity contribution in [3.8, 4) is 5.75 Å². The number of alkyl halides is 6. The first-order chi connectivity index (χ1) is 7.50. The van der Waals surface area contributed by atoms with Gasteiger partial charge in [-0.2, -0.15) is 13.2 Å². The third-order valence-electron chi connectivity index (χ3n) is 1.45. The van der Waals surface area contributed by atoms with Crippen LogP contribution in [0, 0.1) is 3.70 Å². The lowest BCUT2D eigenvalue weighted by Crippen LogP contribution is -2.26. The van der Waals surface area contributed by atoms with Gasteiger partial charge in [0.2, 0.25) is 11.2 Å². The van der Waals surface area contributed by atoms with Crippen molar-refractivity contribution in [2.45, 2.75) is 12.5 Å². The highest BCUT2D eigenvalue weighted by atomic mass is 127. The van der Waals surface area contributed by atoms with Gasteiger partial charge in [0, 0.05) is 6.07 Å². The molecule has 0 spiro atoms. The molecule has 3 nitrogen and oxygen atoms in total. The van der Waals surface area contributed by atoms with Crippen molar-refractivity contribution in [1.29, 1.82) is 0 Å². The fourth-order valence-corrected chi connectivity index (χ4v) is 1.49. The number of ether oxygens (including phenoxy) is 1. The Labute approximate surface area is 103 Å². The van der Waals surface area contributed by atoms with Crippen LogP contribution >= 0.6 is 22.6 Å². The molecule has 0 aliphatic rings. The maximum Gasteiger partial charge on any atom is 0.573 e. The van der Waals surface area contributed by atoms with E-state index in [2.05, 4.69) is 4.74 Å². The van der Waals surface area contributed by atoms with Crippen LogP contribution in [0.3, 0.4) is 0 Å². The summed E-state index contributed by atoms with van der Waals surface area (Å²) in [7, 11) is 0. The zero-order valence-electron chi connectivity index (χ0n) is 7.54. The fourth-order valence-electron chi connectivity index (χ4n) is 0.933. The van der Waals surface area contributed by atoms with Gasteiger partial charge in [-0.05, 0) is 22.6 Å². The highest BCUT2D eigenvalue weighted by molar-refractivity contribution is 14.1. The van der Waals surface area contributed by atoms with Crippen molar-refractivity contribution < 1.29 is 31.1 Å². The van der Waals surface area contributed by atoms with Crippen molar-refractivity contribution in [2.75, 3.05) is 0 Å². The second-order valence-corrected chi connectivity index (χ2v) is 3.89. The average Bonchev–Trinajstić information content (AvgIpc) is 2.05. The third-order valence-corrected chi connectivity index (χ3v) is 2.04. The Hall–Kier alpha value is -0.940. The standard InChI is InChI=1S/C7H2F6INO2/c8-6(9,10)5-4(17-7(11,12)13)2(16)1-3(14)15-5/h1H,(H,15,16). The smallest absolute Gasteiger partial charge is 0.399 e. The predicted molar refractivity (Wildman–Crippen MR) is 51.5 cm³/mol. The van der Waals surface area contributed by atoms with Crippen LogP contribution in [-0.4, -0.2) is 11.3 Å². The minimum atomic E-state index is -5.38. The zero-order chi connectivity index (χ0) is 13.4. The Morgan fingerprint density at radius 3 is 2.12 bits per heavy atom. The molecule has 0 atom stereocenters. The maximum absolute atomic E-state index is 12.4. The van der Waals surface area contributed by atoms with Crippen LogP contribution < -0.4 is 10.2 Å². The summed E-state index contributed by atoms with van der Waals surface area (Å²) >= 11 is 1.33. The van der Waals surface area contributed by atoms with Crippen LogP contribution in [0.4, 0.5) is 26.3 Å². The molecule has 0 unspecified atom stereocenters. The summed E-state index contributed by atoms with van der Waals surface area (Å²) in [4.78, 5) is 12.7. The van der Waals surface area contributed by atoms with E-state index in [1.165, 1.54) is 22.6 Å². The molecular weight excluding hydrogens is 371 g/mol. The van der Waals surface area contributed by atoms with Crippen molar-refractivity contribution in [3.63, 3.8) is 0 Å². The van der Waals surface area contributed by atoms with Crippen molar-refractivity contribution in [2.24, 2.45) is 0 Å². The topological polar surface area (TPSA) is 42.1 Å². The molecule has 17 heavy (non-hydrogen) atoms. The van der Waals surface area contributed by atoms with Crippen LogP contribution in [0.5, 0.6) is 5.75 Å². The SMILES string of the molecule is O=c1cc(I)[nH]c(C(F)(F)F)c1OC(F)(F)F. The quantitative estimate of drug-likeness (QED) is 0.468. The lowest BCUT2D eigenvalue weighted by molar-refractivity contribution is -0.277. The van der Waals surface area contributed by atoms with Gasteiger partial charge in [0.05, 0.1) is 3.70 Å². The Bertz CT molecular complexity index is 477. The van der Waals surface area contributed by atoms with Crippen molar-refractivity contribution >= 4 is 22.6 Å². The van der Waals surface area contributed by atoms with Gasteiger partial charge in [0.15, 0.2) is 5.69 Å². The number of nitrogens with one attached hydrogen (secondary N) is 1. The minimum absolute atomic E-state index is 0.255. The summed E-state index contributed by atoms with van der Waals surface area (Å²) in [5, 5.41) is 0. The maximum atomic E-state index is 12.4. The van der Waals surface area contributed by atoms with Crippen molar-refractivity contribution in [1.82, 2.24) is 4.98 Å². The van der Waals surface area contributed by atoms with E-state index < -0.39 is 29.4 Å². The minimum Gasteiger partial charge on any atom is -0.399 e. The first-order valence-electron chi connectivity index (χ1n) is 3.76. The van der Waals surface area contributed by atoms with E-state index in [-0.39, 0.29) is 3.70 Å². The predicted octanol–water partition coefficient (Wildman–Crippen LogP) is 2.90. The first kappa shape index (κ1) is 14.1. The Morgan fingerprint density at radius 2 is 1.71 bits per heavy atom. The highest BCUT2D eigenvalue weighted by Gasteiger charge is 2.41. The molecule has 0 saturated heterocycles. The summed E-state index contributed by atoms with van der Waals surface area (Å²) in [6.07, 6.45) is -10.5. The molecule has 1 aromatic heterocycles. The summed E-state index contributed by atoms with van der Waals surface area (Å²) in [5.74, 6) is -1.81. The number of pyridine rings is 1. The molecule has 0 radical (unpaired) electrons. The highest BCUT2D eigenvalue weighted by Crippen LogP contribution is 2.35. The molecule has 0 saturated carbocycles. The normalized spacial score (nSPS) is 12.6. The van der Waals surface area contributed by atoms with Crippen LogP contribution in [0.25, 0.3) is 0 Å². The molecule has 1 aromatic rings. The fraction of sp³-hybridized carbons (Fsp3) is 0.286. The van der Waals surface area contributed by atoms with E-state index in [4.69, 9.17) is 0 Å². The molecule has 0 amide bonds. The van der Waals surface area contributed by atoms with Crippen LogP contribution in [0.1, 0.15) is 5.69 Å². The average molecular weight is 373 g/mol. The van der Waals surface area contributed by atoms with Crippen LogP contribution in [-0.2, 0) is 6.18 Å². The molecule has 0 fully saturated rings. The number of rotatable bonds is 1. The van der Waals surface area contributed by atoms with Gasteiger partial charge in [-0.1, -0.05) is 0 Å². The molecule has 0 aliphatic carbocycles. The van der Waals surface area contributed by atoms with E-state index >= 15 is 0 Å². The van der Waals surface area contributed by atoms with Gasteiger partial charge >= 0.3 is 12.5 Å². The third kappa shape index (κ3) is 3.78. The number of H-pyrrole nitrogens is 1. The van der Waals surface area contributed by atoms with E-state index in [1.807, 2.05) is 0 Å². The molecule has 1 heterocycles. The van der Waals surface area contributed by atoms with E-state index in [0.29, 0.717) is 6.07 Å². The molecule has 1 rings (SSSR count). The first-order valence-corrected chi connectivity index (χ1v) is 4.84. The number of aromatic nitrogens is 1. The summed E-state index contributed by atoms with van der Waals surface area (Å²) in [6, 6.07) is 0.566. The Morgan fingerprint density at radius 1 is 1.18 bits per heavy atom. The molecule has 0 aliphatic heterocycles. The van der Waals surface area contributed by atoms with E-state index in [0.717, 1.165) is 0 Å². The summed E-state index contributed by atoms with van der Waals surface area (Å²) < 4.78 is 75.4. The largest absolute Gasteiger partial charge is 0.573 e. The van der Waals surface area contributed by atoms with Crippen LogP contribution in [0.2, 0.25) is 0 Å². The van der Waals surface area contributed by atoms with Gasteiger partial charge in [-0.3, -0.25) is 4.79 Å². The van der Waals surface area contributed by atoms with Crippen molar-refractivity contribution in [3.05, 3.63) is 25.7 Å². The lowest BCUT2D eigenvalue weighted by atomic mass is 10.3.